The van der Waals surface area contributed by atoms with Gasteiger partial charge in [-0.3, -0.25) is 4.79 Å². The van der Waals surface area contributed by atoms with Gasteiger partial charge in [0.05, 0.1) is 0 Å². The van der Waals surface area contributed by atoms with E-state index in [0.29, 0.717) is 0 Å². The zero-order chi connectivity index (χ0) is 14.0. The summed E-state index contributed by atoms with van der Waals surface area (Å²) in [5, 5.41) is 11.6. The highest BCUT2D eigenvalue weighted by Crippen LogP contribution is 2.47. The summed E-state index contributed by atoms with van der Waals surface area (Å²) < 4.78 is 0. The van der Waals surface area contributed by atoms with Crippen molar-refractivity contribution < 1.29 is 9.90 Å². The van der Waals surface area contributed by atoms with Crippen molar-refractivity contribution in [3.8, 4) is 0 Å². The molecule has 20 heavy (non-hydrogen) atoms. The van der Waals surface area contributed by atoms with Gasteiger partial charge in [-0.2, -0.15) is 0 Å². The van der Waals surface area contributed by atoms with Crippen molar-refractivity contribution in [1.82, 2.24) is 9.88 Å². The lowest BCUT2D eigenvalue weighted by Gasteiger charge is -2.26. The van der Waals surface area contributed by atoms with Gasteiger partial charge < -0.3 is 15.0 Å². The Bertz CT molecular complexity index is 719. The van der Waals surface area contributed by atoms with Gasteiger partial charge >= 0.3 is 0 Å². The number of amides is 1. The predicted octanol–water partition coefficient (Wildman–Crippen LogP) is 1.91. The topological polar surface area (TPSA) is 56.3 Å². The Morgan fingerprint density at radius 3 is 3.00 bits per heavy atom. The second-order valence-electron chi connectivity index (χ2n) is 6.10. The van der Waals surface area contributed by atoms with E-state index in [0.717, 1.165) is 29.3 Å². The molecule has 1 fully saturated rings. The van der Waals surface area contributed by atoms with Gasteiger partial charge in [0.25, 0.3) is 0 Å². The summed E-state index contributed by atoms with van der Waals surface area (Å²) in [5.74, 6) is -0.0797. The molecule has 1 aromatic heterocycles. The highest BCUT2D eigenvalue weighted by molar-refractivity contribution is 5.90. The number of aliphatic hydroxyl groups excluding tert-OH is 1. The minimum absolute atomic E-state index is 0.0676. The number of hydrogen-bond acceptors (Lipinski definition) is 2. The Kier molecular flexibility index (Phi) is 2.31. The number of fused-ring (bicyclic) bond motifs is 5. The Labute approximate surface area is 117 Å². The molecule has 4 heteroatoms. The lowest BCUT2D eigenvalue weighted by atomic mass is 9.78. The first kappa shape index (κ1) is 12.0. The van der Waals surface area contributed by atoms with Crippen molar-refractivity contribution >= 4 is 16.8 Å². The summed E-state index contributed by atoms with van der Waals surface area (Å²) in [4.78, 5) is 17.2. The van der Waals surface area contributed by atoms with E-state index in [-0.39, 0.29) is 17.7 Å². The van der Waals surface area contributed by atoms with E-state index in [2.05, 4.69) is 30.1 Å². The van der Waals surface area contributed by atoms with Gasteiger partial charge in [-0.25, -0.2) is 0 Å². The Hall–Kier alpha value is -1.81. The van der Waals surface area contributed by atoms with Crippen LogP contribution in [0.15, 0.2) is 18.2 Å². The van der Waals surface area contributed by atoms with E-state index in [4.69, 9.17) is 0 Å². The van der Waals surface area contributed by atoms with Crippen LogP contribution in [0.25, 0.3) is 10.9 Å². The van der Waals surface area contributed by atoms with Gasteiger partial charge in [-0.15, -0.1) is 0 Å². The summed E-state index contributed by atoms with van der Waals surface area (Å²) in [7, 11) is 1.70. The zero-order valence-corrected chi connectivity index (χ0v) is 11.7. The number of benzene rings is 1. The number of carbonyl (C=O) groups is 1. The summed E-state index contributed by atoms with van der Waals surface area (Å²) in [6.45, 7) is 2.07. The number of nitrogens with zero attached hydrogens (tertiary/aromatic N) is 1. The largest absolute Gasteiger partial charge is 0.373 e. The van der Waals surface area contributed by atoms with Crippen molar-refractivity contribution in [1.29, 1.82) is 0 Å². The number of likely N-dealkylation sites (N-methyl/N-ethyl adjacent to an activating group) is 1. The van der Waals surface area contributed by atoms with E-state index in [1.807, 2.05) is 0 Å². The molecule has 4 nitrogen and oxygen atoms in total. The van der Waals surface area contributed by atoms with E-state index in [1.54, 1.807) is 7.05 Å². The molecule has 0 radical (unpaired) electrons. The minimum atomic E-state index is -0.703. The molecule has 1 aliphatic heterocycles. The fourth-order valence-corrected chi connectivity index (χ4v) is 3.91. The molecular formula is C16H18N2O2. The number of carbonyl (C=O) groups excluding carboxylic acids is 1. The van der Waals surface area contributed by atoms with E-state index >= 15 is 0 Å². The normalized spacial score (nSPS) is 28.9. The smallest absolute Gasteiger partial charge is 0.228 e. The molecule has 1 amide bonds. The molecule has 1 saturated heterocycles. The third kappa shape index (κ3) is 1.37. The van der Waals surface area contributed by atoms with Crippen LogP contribution in [-0.2, 0) is 11.2 Å². The number of aromatic nitrogens is 1. The van der Waals surface area contributed by atoms with Crippen LogP contribution >= 0.6 is 0 Å². The van der Waals surface area contributed by atoms with Crippen molar-refractivity contribution in [2.75, 3.05) is 7.05 Å². The second-order valence-corrected chi connectivity index (χ2v) is 6.10. The minimum Gasteiger partial charge on any atom is -0.373 e. The molecule has 2 heterocycles. The number of aromatic amines is 1. The zero-order valence-electron chi connectivity index (χ0n) is 11.7. The van der Waals surface area contributed by atoms with Crippen LogP contribution < -0.4 is 0 Å². The predicted molar refractivity (Wildman–Crippen MR) is 76.4 cm³/mol. The molecule has 1 aliphatic carbocycles. The SMILES string of the molecule is Cc1ccc2[nH]c3c(c2c1)[C@@H]1C(O)N(C)C(=O)[C@@H]1CC3. The first-order chi connectivity index (χ1) is 9.58. The second kappa shape index (κ2) is 3.85. The van der Waals surface area contributed by atoms with Crippen LogP contribution in [0.5, 0.6) is 0 Å². The number of hydrogen-bond donors (Lipinski definition) is 2. The third-order valence-electron chi connectivity index (χ3n) is 4.93. The van der Waals surface area contributed by atoms with Crippen LogP contribution in [0.3, 0.4) is 0 Å². The Morgan fingerprint density at radius 1 is 1.40 bits per heavy atom. The van der Waals surface area contributed by atoms with Gasteiger partial charge in [-0.1, -0.05) is 11.6 Å². The molecule has 1 unspecified atom stereocenters. The highest BCUT2D eigenvalue weighted by atomic mass is 16.3. The number of aliphatic hydroxyl groups is 1. The van der Waals surface area contributed by atoms with Crippen LogP contribution in [0.2, 0.25) is 0 Å². The molecule has 0 spiro atoms. The summed E-state index contributed by atoms with van der Waals surface area (Å²) in [6, 6.07) is 6.33. The fraction of sp³-hybridized carbons (Fsp3) is 0.438. The number of rotatable bonds is 0. The standard InChI is InChI=1S/C16H18N2O2/c1-8-3-5-11-10(7-8)13-12(17-11)6-4-9-14(13)16(20)18(2)15(9)19/h3,5,7,9,14,16-17,20H,4,6H2,1-2H3/t9-,14-,16?/m1/s1. The molecule has 1 aromatic carbocycles. The maximum absolute atomic E-state index is 12.2. The van der Waals surface area contributed by atoms with Crippen LogP contribution in [0, 0.1) is 12.8 Å². The highest BCUT2D eigenvalue weighted by Gasteiger charge is 2.49. The van der Waals surface area contributed by atoms with Gasteiger partial charge in [0.15, 0.2) is 0 Å². The molecule has 2 N–H and O–H groups in total. The number of likely N-dealkylation sites (tertiary alicyclic amines) is 1. The molecule has 2 aliphatic rings. The Balaban J connectivity index is 1.97. The summed E-state index contributed by atoms with van der Waals surface area (Å²) >= 11 is 0. The average molecular weight is 270 g/mol. The van der Waals surface area contributed by atoms with Gasteiger partial charge in [0.2, 0.25) is 5.91 Å². The molecule has 4 rings (SSSR count). The van der Waals surface area contributed by atoms with Crippen molar-refractivity contribution in [3.05, 3.63) is 35.0 Å². The maximum Gasteiger partial charge on any atom is 0.228 e. The lowest BCUT2D eigenvalue weighted by Crippen LogP contribution is -2.30. The van der Waals surface area contributed by atoms with E-state index in [9.17, 15) is 9.90 Å². The van der Waals surface area contributed by atoms with E-state index < -0.39 is 6.23 Å². The lowest BCUT2D eigenvalue weighted by molar-refractivity contribution is -0.133. The Morgan fingerprint density at radius 2 is 2.20 bits per heavy atom. The van der Waals surface area contributed by atoms with Gasteiger partial charge in [0, 0.05) is 35.5 Å². The van der Waals surface area contributed by atoms with E-state index in [1.165, 1.54) is 16.2 Å². The molecule has 0 saturated carbocycles. The summed E-state index contributed by atoms with van der Waals surface area (Å²) in [6.07, 6.45) is 1.01. The summed E-state index contributed by atoms with van der Waals surface area (Å²) in [5.41, 5.74) is 4.66. The fourth-order valence-electron chi connectivity index (χ4n) is 3.91. The van der Waals surface area contributed by atoms with Gasteiger partial charge in [0.1, 0.15) is 6.23 Å². The number of H-pyrrole nitrogens is 1. The first-order valence-corrected chi connectivity index (χ1v) is 7.14. The first-order valence-electron chi connectivity index (χ1n) is 7.14. The van der Waals surface area contributed by atoms with Crippen LogP contribution in [0.1, 0.15) is 29.2 Å². The molecule has 2 aromatic rings. The van der Waals surface area contributed by atoms with Crippen molar-refractivity contribution in [2.45, 2.75) is 31.9 Å². The quantitative estimate of drug-likeness (QED) is 0.768. The average Bonchev–Trinajstić information content (AvgIpc) is 2.90. The van der Waals surface area contributed by atoms with Crippen molar-refractivity contribution in [2.24, 2.45) is 5.92 Å². The number of aryl methyl sites for hydroxylation is 2. The van der Waals surface area contributed by atoms with Crippen LogP contribution in [0.4, 0.5) is 0 Å². The monoisotopic (exact) mass is 270 g/mol. The molecule has 104 valence electrons. The third-order valence-corrected chi connectivity index (χ3v) is 4.93. The molecule has 3 atom stereocenters. The molecular weight excluding hydrogens is 252 g/mol. The maximum atomic E-state index is 12.2. The molecule has 0 bridgehead atoms. The van der Waals surface area contributed by atoms with Crippen LogP contribution in [-0.4, -0.2) is 34.2 Å². The number of nitrogens with one attached hydrogen (secondary N) is 1. The van der Waals surface area contributed by atoms with Gasteiger partial charge in [-0.05, 0) is 37.5 Å². The van der Waals surface area contributed by atoms with Crippen molar-refractivity contribution in [3.63, 3.8) is 0 Å².